The molecule has 1 aliphatic heterocycles. The van der Waals surface area contributed by atoms with Crippen molar-refractivity contribution in [2.45, 2.75) is 13.0 Å². The van der Waals surface area contributed by atoms with E-state index in [1.807, 2.05) is 0 Å². The SMILES string of the molecule is C=C[C@H]1CCN(Cc2ccccc2)C1. The maximum Gasteiger partial charge on any atom is 0.0233 e. The summed E-state index contributed by atoms with van der Waals surface area (Å²) >= 11 is 0. The Hall–Kier alpha value is -1.08. The van der Waals surface area contributed by atoms with E-state index in [1.165, 1.54) is 25.1 Å². The van der Waals surface area contributed by atoms with Gasteiger partial charge in [0.2, 0.25) is 0 Å². The van der Waals surface area contributed by atoms with Gasteiger partial charge in [0.25, 0.3) is 0 Å². The van der Waals surface area contributed by atoms with Crippen molar-refractivity contribution in [3.63, 3.8) is 0 Å². The minimum Gasteiger partial charge on any atom is -0.298 e. The van der Waals surface area contributed by atoms with Crippen LogP contribution in [0.4, 0.5) is 0 Å². The van der Waals surface area contributed by atoms with Crippen molar-refractivity contribution in [1.82, 2.24) is 4.90 Å². The summed E-state index contributed by atoms with van der Waals surface area (Å²) in [6, 6.07) is 10.7. The van der Waals surface area contributed by atoms with Gasteiger partial charge in [-0.1, -0.05) is 36.4 Å². The highest BCUT2D eigenvalue weighted by molar-refractivity contribution is 5.14. The molecule has 14 heavy (non-hydrogen) atoms. The summed E-state index contributed by atoms with van der Waals surface area (Å²) in [5.41, 5.74) is 1.41. The molecular weight excluding hydrogens is 170 g/mol. The molecule has 1 saturated heterocycles. The predicted octanol–water partition coefficient (Wildman–Crippen LogP) is 2.69. The van der Waals surface area contributed by atoms with Gasteiger partial charge in [-0.15, -0.1) is 6.58 Å². The lowest BCUT2D eigenvalue weighted by molar-refractivity contribution is 0.324. The van der Waals surface area contributed by atoms with E-state index < -0.39 is 0 Å². The Morgan fingerprint density at radius 3 is 2.79 bits per heavy atom. The largest absolute Gasteiger partial charge is 0.298 e. The summed E-state index contributed by atoms with van der Waals surface area (Å²) < 4.78 is 0. The molecule has 1 heteroatoms. The van der Waals surface area contributed by atoms with Crippen LogP contribution >= 0.6 is 0 Å². The van der Waals surface area contributed by atoms with Crippen LogP contribution in [0.2, 0.25) is 0 Å². The van der Waals surface area contributed by atoms with Crippen LogP contribution < -0.4 is 0 Å². The highest BCUT2D eigenvalue weighted by Gasteiger charge is 2.19. The normalized spacial score (nSPS) is 22.4. The standard InChI is InChI=1S/C13H17N/c1-2-12-8-9-14(10-12)11-13-6-4-3-5-7-13/h2-7,12H,1,8-11H2/t12-/m0/s1. The second-order valence-corrected chi connectivity index (χ2v) is 4.01. The van der Waals surface area contributed by atoms with Gasteiger partial charge in [0.1, 0.15) is 0 Å². The summed E-state index contributed by atoms with van der Waals surface area (Å²) in [6.07, 6.45) is 3.36. The van der Waals surface area contributed by atoms with Crippen molar-refractivity contribution in [3.05, 3.63) is 48.6 Å². The molecule has 1 aliphatic rings. The second-order valence-electron chi connectivity index (χ2n) is 4.01. The first kappa shape index (κ1) is 9.47. The molecule has 0 bridgehead atoms. The predicted molar refractivity (Wildman–Crippen MR) is 60.0 cm³/mol. The average molecular weight is 187 g/mol. The van der Waals surface area contributed by atoms with Crippen LogP contribution in [0.25, 0.3) is 0 Å². The quantitative estimate of drug-likeness (QED) is 0.658. The third-order valence-corrected chi connectivity index (χ3v) is 2.89. The van der Waals surface area contributed by atoms with Crippen LogP contribution in [0.15, 0.2) is 43.0 Å². The third-order valence-electron chi connectivity index (χ3n) is 2.89. The van der Waals surface area contributed by atoms with Crippen LogP contribution in [0.1, 0.15) is 12.0 Å². The zero-order valence-corrected chi connectivity index (χ0v) is 8.52. The van der Waals surface area contributed by atoms with Gasteiger partial charge in [0.15, 0.2) is 0 Å². The summed E-state index contributed by atoms with van der Waals surface area (Å²) in [4.78, 5) is 2.50. The van der Waals surface area contributed by atoms with E-state index >= 15 is 0 Å². The molecule has 0 aliphatic carbocycles. The fourth-order valence-corrected chi connectivity index (χ4v) is 2.04. The molecule has 0 unspecified atom stereocenters. The van der Waals surface area contributed by atoms with E-state index in [9.17, 15) is 0 Å². The molecule has 0 amide bonds. The molecule has 0 spiro atoms. The number of rotatable bonds is 3. The minimum absolute atomic E-state index is 0.707. The van der Waals surface area contributed by atoms with Gasteiger partial charge in [-0.25, -0.2) is 0 Å². The van der Waals surface area contributed by atoms with Crippen molar-refractivity contribution >= 4 is 0 Å². The highest BCUT2D eigenvalue weighted by atomic mass is 15.1. The van der Waals surface area contributed by atoms with Crippen LogP contribution in [-0.2, 0) is 6.54 Å². The highest BCUT2D eigenvalue weighted by Crippen LogP contribution is 2.18. The molecule has 1 aromatic rings. The van der Waals surface area contributed by atoms with E-state index in [0.29, 0.717) is 5.92 Å². The topological polar surface area (TPSA) is 3.24 Å². The summed E-state index contributed by atoms with van der Waals surface area (Å²) in [6.45, 7) is 7.34. The maximum absolute atomic E-state index is 3.86. The molecule has 74 valence electrons. The Bertz CT molecular complexity index is 291. The first-order chi connectivity index (χ1) is 6.88. The molecule has 0 aromatic heterocycles. The molecular formula is C13H17N. The lowest BCUT2D eigenvalue weighted by atomic mass is 10.1. The van der Waals surface area contributed by atoms with E-state index in [-0.39, 0.29) is 0 Å². The first-order valence-electron chi connectivity index (χ1n) is 5.27. The second kappa shape index (κ2) is 4.43. The van der Waals surface area contributed by atoms with Gasteiger partial charge >= 0.3 is 0 Å². The summed E-state index contributed by atoms with van der Waals surface area (Å²) in [5.74, 6) is 0.707. The summed E-state index contributed by atoms with van der Waals surface area (Å²) in [7, 11) is 0. The van der Waals surface area contributed by atoms with Crippen molar-refractivity contribution in [2.24, 2.45) is 5.92 Å². The molecule has 0 radical (unpaired) electrons. The average Bonchev–Trinajstić information content (AvgIpc) is 2.67. The molecule has 1 fully saturated rings. The van der Waals surface area contributed by atoms with Gasteiger partial charge in [0.05, 0.1) is 0 Å². The fourth-order valence-electron chi connectivity index (χ4n) is 2.04. The van der Waals surface area contributed by atoms with E-state index in [1.54, 1.807) is 0 Å². The third kappa shape index (κ3) is 2.24. The minimum atomic E-state index is 0.707. The Morgan fingerprint density at radius 2 is 2.14 bits per heavy atom. The van der Waals surface area contributed by atoms with E-state index in [4.69, 9.17) is 0 Å². The molecule has 2 rings (SSSR count). The van der Waals surface area contributed by atoms with Gasteiger partial charge in [0, 0.05) is 13.1 Å². The van der Waals surface area contributed by atoms with Gasteiger partial charge < -0.3 is 0 Å². The molecule has 0 saturated carbocycles. The van der Waals surface area contributed by atoms with Gasteiger partial charge in [-0.2, -0.15) is 0 Å². The Kier molecular flexibility index (Phi) is 3.00. The Balaban J connectivity index is 1.90. The zero-order valence-electron chi connectivity index (χ0n) is 8.52. The van der Waals surface area contributed by atoms with Gasteiger partial charge in [-0.05, 0) is 24.4 Å². The number of benzene rings is 1. The lowest BCUT2D eigenvalue weighted by Crippen LogP contribution is -2.19. The van der Waals surface area contributed by atoms with Crippen molar-refractivity contribution in [2.75, 3.05) is 13.1 Å². The number of hydrogen-bond donors (Lipinski definition) is 0. The Labute approximate surface area is 86.1 Å². The van der Waals surface area contributed by atoms with E-state index in [0.717, 1.165) is 6.54 Å². The maximum atomic E-state index is 3.86. The lowest BCUT2D eigenvalue weighted by Gasteiger charge is -2.14. The summed E-state index contributed by atoms with van der Waals surface area (Å²) in [5, 5.41) is 0. The molecule has 1 aromatic carbocycles. The molecule has 0 N–H and O–H groups in total. The zero-order chi connectivity index (χ0) is 9.80. The fraction of sp³-hybridized carbons (Fsp3) is 0.385. The van der Waals surface area contributed by atoms with Crippen LogP contribution in [0.3, 0.4) is 0 Å². The first-order valence-corrected chi connectivity index (χ1v) is 5.27. The smallest absolute Gasteiger partial charge is 0.0233 e. The van der Waals surface area contributed by atoms with E-state index in [2.05, 4.69) is 47.9 Å². The van der Waals surface area contributed by atoms with Crippen molar-refractivity contribution in [1.29, 1.82) is 0 Å². The molecule has 1 heterocycles. The number of hydrogen-bond acceptors (Lipinski definition) is 1. The number of nitrogens with zero attached hydrogens (tertiary/aromatic N) is 1. The van der Waals surface area contributed by atoms with Crippen molar-refractivity contribution in [3.8, 4) is 0 Å². The number of likely N-dealkylation sites (tertiary alicyclic amines) is 1. The van der Waals surface area contributed by atoms with Crippen LogP contribution in [0.5, 0.6) is 0 Å². The van der Waals surface area contributed by atoms with Crippen LogP contribution in [0, 0.1) is 5.92 Å². The van der Waals surface area contributed by atoms with Crippen molar-refractivity contribution < 1.29 is 0 Å². The molecule has 1 atom stereocenters. The molecule has 1 nitrogen and oxygen atoms in total. The van der Waals surface area contributed by atoms with Gasteiger partial charge in [-0.3, -0.25) is 4.90 Å². The monoisotopic (exact) mass is 187 g/mol. The van der Waals surface area contributed by atoms with Crippen LogP contribution in [-0.4, -0.2) is 18.0 Å². The Morgan fingerprint density at radius 1 is 1.36 bits per heavy atom.